The number of nitrogens with zero attached hydrogens (tertiary/aromatic N) is 2. The van der Waals surface area contributed by atoms with Crippen LogP contribution in [0.25, 0.3) is 0 Å². The standard InChI is InChI=1S/C13H19N3O2S/c1-19(17)12-4-2-11(3-5-12)10-15-13(14)16-6-8-18-9-7-16/h2-5H,6-10H2,1H3,(H2,14,15). The van der Waals surface area contributed by atoms with Gasteiger partial charge >= 0.3 is 0 Å². The Kier molecular flexibility index (Phi) is 4.93. The van der Waals surface area contributed by atoms with Crippen molar-refractivity contribution in [2.75, 3.05) is 32.6 Å². The molecule has 2 rings (SSSR count). The van der Waals surface area contributed by atoms with E-state index >= 15 is 0 Å². The van der Waals surface area contributed by atoms with Gasteiger partial charge in [-0.15, -0.1) is 0 Å². The van der Waals surface area contributed by atoms with E-state index in [0.717, 1.165) is 23.5 Å². The van der Waals surface area contributed by atoms with Crippen LogP contribution in [0.4, 0.5) is 0 Å². The van der Waals surface area contributed by atoms with Crippen LogP contribution in [0.2, 0.25) is 0 Å². The minimum absolute atomic E-state index is 0.541. The molecule has 1 fully saturated rings. The zero-order valence-corrected chi connectivity index (χ0v) is 11.9. The summed E-state index contributed by atoms with van der Waals surface area (Å²) < 4.78 is 16.5. The minimum atomic E-state index is -0.936. The second-order valence-corrected chi connectivity index (χ2v) is 5.75. The number of morpholine rings is 1. The second-order valence-electron chi connectivity index (χ2n) is 4.37. The first kappa shape index (κ1) is 14.0. The van der Waals surface area contributed by atoms with Crippen LogP contribution >= 0.6 is 0 Å². The van der Waals surface area contributed by atoms with Crippen LogP contribution in [0.5, 0.6) is 0 Å². The van der Waals surface area contributed by atoms with Crippen LogP contribution in [0.1, 0.15) is 5.56 Å². The lowest BCUT2D eigenvalue weighted by Gasteiger charge is -2.27. The quantitative estimate of drug-likeness (QED) is 0.650. The fraction of sp³-hybridized carbons (Fsp3) is 0.462. The fourth-order valence-corrected chi connectivity index (χ4v) is 2.37. The van der Waals surface area contributed by atoms with E-state index < -0.39 is 10.8 Å². The van der Waals surface area contributed by atoms with Gasteiger partial charge in [-0.1, -0.05) is 12.1 Å². The Morgan fingerprint density at radius 2 is 2.00 bits per heavy atom. The number of ether oxygens (including phenoxy) is 1. The summed E-state index contributed by atoms with van der Waals surface area (Å²) in [4.78, 5) is 7.24. The van der Waals surface area contributed by atoms with Crippen LogP contribution in [-0.4, -0.2) is 47.6 Å². The summed E-state index contributed by atoms with van der Waals surface area (Å²) in [5.41, 5.74) is 7.01. The maximum absolute atomic E-state index is 11.3. The van der Waals surface area contributed by atoms with Crippen molar-refractivity contribution in [3.63, 3.8) is 0 Å². The van der Waals surface area contributed by atoms with Crippen molar-refractivity contribution < 1.29 is 8.95 Å². The molecule has 1 aliphatic rings. The first-order chi connectivity index (χ1) is 9.16. The molecule has 1 unspecified atom stereocenters. The molecule has 6 heteroatoms. The van der Waals surface area contributed by atoms with Gasteiger partial charge in [0.05, 0.1) is 19.8 Å². The highest BCUT2D eigenvalue weighted by molar-refractivity contribution is 7.84. The predicted molar refractivity (Wildman–Crippen MR) is 76.5 cm³/mol. The lowest BCUT2D eigenvalue weighted by Crippen LogP contribution is -2.44. The third-order valence-corrected chi connectivity index (χ3v) is 3.95. The maximum atomic E-state index is 11.3. The van der Waals surface area contributed by atoms with Gasteiger partial charge in [-0.2, -0.15) is 0 Å². The van der Waals surface area contributed by atoms with Gasteiger partial charge in [-0.3, -0.25) is 4.21 Å². The molecule has 0 amide bonds. The number of hydrogen-bond acceptors (Lipinski definition) is 3. The number of aliphatic imine (C=N–C) groups is 1. The van der Waals surface area contributed by atoms with Crippen molar-refractivity contribution >= 4 is 16.8 Å². The van der Waals surface area contributed by atoms with Gasteiger partial charge in [-0.05, 0) is 17.7 Å². The van der Waals surface area contributed by atoms with Crippen molar-refractivity contribution in [2.24, 2.45) is 10.7 Å². The fourth-order valence-electron chi connectivity index (χ4n) is 1.85. The Bertz CT molecular complexity index is 467. The summed E-state index contributed by atoms with van der Waals surface area (Å²) in [6.07, 6.45) is 1.67. The molecule has 5 nitrogen and oxygen atoms in total. The van der Waals surface area contributed by atoms with Gasteiger partial charge in [0.15, 0.2) is 5.96 Å². The van der Waals surface area contributed by atoms with Crippen LogP contribution in [0.3, 0.4) is 0 Å². The molecular weight excluding hydrogens is 262 g/mol. The highest BCUT2D eigenvalue weighted by Gasteiger charge is 2.11. The molecule has 19 heavy (non-hydrogen) atoms. The molecular formula is C13H19N3O2S. The predicted octanol–water partition coefficient (Wildman–Crippen LogP) is 0.571. The summed E-state index contributed by atoms with van der Waals surface area (Å²) in [5, 5.41) is 0. The number of guanidine groups is 1. The highest BCUT2D eigenvalue weighted by Crippen LogP contribution is 2.08. The SMILES string of the molecule is CS(=O)c1ccc(CN=C(N)N2CCOCC2)cc1. The van der Waals surface area contributed by atoms with Crippen LogP contribution in [-0.2, 0) is 22.1 Å². The van der Waals surface area contributed by atoms with E-state index in [2.05, 4.69) is 4.99 Å². The van der Waals surface area contributed by atoms with Crippen LogP contribution < -0.4 is 5.73 Å². The smallest absolute Gasteiger partial charge is 0.191 e. The minimum Gasteiger partial charge on any atom is -0.378 e. The first-order valence-corrected chi connectivity index (χ1v) is 7.77. The van der Waals surface area contributed by atoms with Gasteiger partial charge in [0.1, 0.15) is 0 Å². The Morgan fingerprint density at radius 1 is 1.37 bits per heavy atom. The molecule has 0 aromatic heterocycles. The Labute approximate surface area is 115 Å². The topological polar surface area (TPSA) is 67.9 Å². The molecule has 1 aromatic carbocycles. The second kappa shape index (κ2) is 6.68. The van der Waals surface area contributed by atoms with Crippen LogP contribution in [0.15, 0.2) is 34.2 Å². The Hall–Kier alpha value is -1.40. The van der Waals surface area contributed by atoms with E-state index in [4.69, 9.17) is 10.5 Å². The molecule has 1 saturated heterocycles. The number of rotatable bonds is 3. The molecule has 104 valence electrons. The summed E-state index contributed by atoms with van der Waals surface area (Å²) in [5.74, 6) is 0.562. The van der Waals surface area contributed by atoms with Crippen molar-refractivity contribution in [3.05, 3.63) is 29.8 Å². The first-order valence-electron chi connectivity index (χ1n) is 6.22. The van der Waals surface area contributed by atoms with Gasteiger partial charge in [-0.25, -0.2) is 4.99 Å². The van der Waals surface area contributed by atoms with Crippen molar-refractivity contribution in [2.45, 2.75) is 11.4 Å². The normalized spacial score (nSPS) is 18.4. The Balaban J connectivity index is 1.94. The maximum Gasteiger partial charge on any atom is 0.191 e. The third kappa shape index (κ3) is 4.04. The summed E-state index contributed by atoms with van der Waals surface area (Å²) in [6, 6.07) is 7.61. The monoisotopic (exact) mass is 281 g/mol. The average Bonchev–Trinajstić information content (AvgIpc) is 2.46. The van der Waals surface area contributed by atoms with E-state index in [1.807, 2.05) is 29.2 Å². The molecule has 0 bridgehead atoms. The zero-order valence-electron chi connectivity index (χ0n) is 11.0. The van der Waals surface area contributed by atoms with E-state index in [-0.39, 0.29) is 0 Å². The van der Waals surface area contributed by atoms with Gasteiger partial charge in [0, 0.05) is 35.0 Å². The van der Waals surface area contributed by atoms with E-state index in [9.17, 15) is 4.21 Å². The van der Waals surface area contributed by atoms with Gasteiger partial charge in [0.2, 0.25) is 0 Å². The molecule has 1 heterocycles. The lowest BCUT2D eigenvalue weighted by molar-refractivity contribution is 0.0674. The molecule has 1 aromatic rings. The largest absolute Gasteiger partial charge is 0.378 e. The number of hydrogen-bond donors (Lipinski definition) is 1. The van der Waals surface area contributed by atoms with Crippen LogP contribution in [0, 0.1) is 0 Å². The Morgan fingerprint density at radius 3 is 2.58 bits per heavy atom. The van der Waals surface area contributed by atoms with E-state index in [1.54, 1.807) is 6.26 Å². The van der Waals surface area contributed by atoms with E-state index in [1.165, 1.54) is 0 Å². The molecule has 0 aliphatic carbocycles. The summed E-state index contributed by atoms with van der Waals surface area (Å²) in [7, 11) is -0.936. The number of benzene rings is 1. The number of nitrogens with two attached hydrogens (primary N) is 1. The van der Waals surface area contributed by atoms with Gasteiger partial charge in [0.25, 0.3) is 0 Å². The summed E-state index contributed by atoms with van der Waals surface area (Å²) in [6.45, 7) is 3.53. The molecule has 2 N–H and O–H groups in total. The molecule has 1 aliphatic heterocycles. The third-order valence-electron chi connectivity index (χ3n) is 3.01. The summed E-state index contributed by atoms with van der Waals surface area (Å²) >= 11 is 0. The average molecular weight is 281 g/mol. The van der Waals surface area contributed by atoms with Crippen molar-refractivity contribution in [3.8, 4) is 0 Å². The van der Waals surface area contributed by atoms with Gasteiger partial charge < -0.3 is 15.4 Å². The van der Waals surface area contributed by atoms with E-state index in [0.29, 0.717) is 25.7 Å². The molecule has 1 atom stereocenters. The zero-order chi connectivity index (χ0) is 13.7. The molecule has 0 spiro atoms. The molecule has 0 saturated carbocycles. The lowest BCUT2D eigenvalue weighted by atomic mass is 10.2. The molecule has 0 radical (unpaired) electrons. The van der Waals surface area contributed by atoms with Crippen molar-refractivity contribution in [1.82, 2.24) is 4.90 Å². The van der Waals surface area contributed by atoms with Crippen molar-refractivity contribution in [1.29, 1.82) is 0 Å². The highest BCUT2D eigenvalue weighted by atomic mass is 32.2.